The van der Waals surface area contributed by atoms with Crippen LogP contribution in [0.4, 0.5) is 0 Å². The average Bonchev–Trinajstić information content (AvgIpc) is 2.47. The Labute approximate surface area is 140 Å². The zero-order valence-corrected chi connectivity index (χ0v) is 15.2. The number of fused-ring (bicyclic) bond motifs is 3. The van der Waals surface area contributed by atoms with Crippen LogP contribution in [-0.2, 0) is 4.74 Å². The van der Waals surface area contributed by atoms with Gasteiger partial charge in [0.25, 0.3) is 0 Å². The average molecular weight is 320 g/mol. The fourth-order valence-electron chi connectivity index (χ4n) is 5.64. The molecule has 0 bridgehead atoms. The van der Waals surface area contributed by atoms with Crippen molar-refractivity contribution in [2.45, 2.75) is 83.7 Å². The minimum absolute atomic E-state index is 0.00940. The van der Waals surface area contributed by atoms with Crippen LogP contribution in [0.15, 0.2) is 24.3 Å². The van der Waals surface area contributed by atoms with Gasteiger partial charge in [-0.1, -0.05) is 38.5 Å². The maximum absolute atomic E-state index is 10.9. The standard InChI is InChI=1S/C20H32O3/c1-7-18(4)11-8-13-19(5)14(12-16(22)20(13,6)23-18)17(2,3)10-9-15(19)21/h7,12-13,15-16,21-22H,1,8-11H2,2-6H3/t13-,15+,16+,18+,19-,20+/m1/s1. The molecule has 0 radical (unpaired) electrons. The van der Waals surface area contributed by atoms with E-state index in [-0.39, 0.29) is 22.9 Å². The van der Waals surface area contributed by atoms with Gasteiger partial charge in [-0.25, -0.2) is 0 Å². The lowest BCUT2D eigenvalue weighted by Crippen LogP contribution is -2.66. The van der Waals surface area contributed by atoms with Gasteiger partial charge >= 0.3 is 0 Å². The minimum Gasteiger partial charge on any atom is -0.392 e. The van der Waals surface area contributed by atoms with Gasteiger partial charge in [0.2, 0.25) is 0 Å². The van der Waals surface area contributed by atoms with Crippen LogP contribution in [0.5, 0.6) is 0 Å². The smallest absolute Gasteiger partial charge is 0.101 e. The highest BCUT2D eigenvalue weighted by Crippen LogP contribution is 2.63. The lowest BCUT2D eigenvalue weighted by molar-refractivity contribution is -0.253. The molecule has 6 atom stereocenters. The first-order valence-corrected chi connectivity index (χ1v) is 8.92. The molecule has 1 aliphatic heterocycles. The lowest BCUT2D eigenvalue weighted by atomic mass is 9.47. The van der Waals surface area contributed by atoms with Crippen LogP contribution in [0.3, 0.4) is 0 Å². The summed E-state index contributed by atoms with van der Waals surface area (Å²) >= 11 is 0. The van der Waals surface area contributed by atoms with E-state index in [2.05, 4.69) is 27.4 Å². The predicted molar refractivity (Wildman–Crippen MR) is 92.0 cm³/mol. The van der Waals surface area contributed by atoms with E-state index in [1.54, 1.807) is 0 Å². The molecule has 3 nitrogen and oxygen atoms in total. The first kappa shape index (κ1) is 17.2. The SMILES string of the molecule is C=C[C@@]1(C)CC[C@H]2[C@](C)(O1)[C@@H](O)C=C1C(C)(C)CC[C@H](O)[C@@]12C. The van der Waals surface area contributed by atoms with E-state index >= 15 is 0 Å². The Bertz CT molecular complexity index is 551. The van der Waals surface area contributed by atoms with Crippen molar-refractivity contribution >= 4 is 0 Å². The second kappa shape index (κ2) is 4.93. The summed E-state index contributed by atoms with van der Waals surface area (Å²) in [5.41, 5.74) is -0.213. The minimum atomic E-state index is -0.687. The van der Waals surface area contributed by atoms with Crippen LogP contribution in [0.2, 0.25) is 0 Å². The van der Waals surface area contributed by atoms with Crippen molar-refractivity contribution in [2.75, 3.05) is 0 Å². The monoisotopic (exact) mass is 320 g/mol. The van der Waals surface area contributed by atoms with Crippen molar-refractivity contribution in [1.29, 1.82) is 0 Å². The Balaban J connectivity index is 2.14. The van der Waals surface area contributed by atoms with Gasteiger partial charge in [0, 0.05) is 11.3 Å². The summed E-state index contributed by atoms with van der Waals surface area (Å²) in [6.07, 6.45) is 6.36. The zero-order chi connectivity index (χ0) is 17.3. The summed E-state index contributed by atoms with van der Waals surface area (Å²) in [5, 5.41) is 21.9. The number of ether oxygens (including phenoxy) is 1. The van der Waals surface area contributed by atoms with Gasteiger partial charge in [-0.05, 0) is 44.9 Å². The van der Waals surface area contributed by atoms with Crippen LogP contribution in [0, 0.1) is 16.7 Å². The van der Waals surface area contributed by atoms with Gasteiger partial charge in [0.05, 0.1) is 17.3 Å². The summed E-state index contributed by atoms with van der Waals surface area (Å²) < 4.78 is 6.43. The first-order valence-electron chi connectivity index (χ1n) is 8.92. The molecule has 0 unspecified atom stereocenters. The maximum atomic E-state index is 10.9. The molecule has 0 aromatic rings. The summed E-state index contributed by atoms with van der Waals surface area (Å²) in [6, 6.07) is 0. The second-order valence-electron chi connectivity index (χ2n) is 9.14. The summed E-state index contributed by atoms with van der Waals surface area (Å²) in [7, 11) is 0. The van der Waals surface area contributed by atoms with Crippen LogP contribution in [0.25, 0.3) is 0 Å². The molecule has 3 heteroatoms. The molecule has 0 spiro atoms. The third kappa shape index (κ3) is 2.20. The largest absolute Gasteiger partial charge is 0.392 e. The molecule has 0 aromatic carbocycles. The summed E-state index contributed by atoms with van der Waals surface area (Å²) in [5.74, 6) is 0.104. The van der Waals surface area contributed by atoms with Crippen molar-refractivity contribution < 1.29 is 14.9 Å². The van der Waals surface area contributed by atoms with Crippen LogP contribution in [-0.4, -0.2) is 33.6 Å². The third-order valence-electron chi connectivity index (χ3n) is 7.19. The molecule has 2 N–H and O–H groups in total. The molecule has 1 heterocycles. The molecule has 23 heavy (non-hydrogen) atoms. The highest BCUT2D eigenvalue weighted by atomic mass is 16.5. The van der Waals surface area contributed by atoms with Crippen molar-refractivity contribution in [3.05, 3.63) is 24.3 Å². The topological polar surface area (TPSA) is 49.7 Å². The summed E-state index contributed by atoms with van der Waals surface area (Å²) in [6.45, 7) is 14.6. The number of aliphatic hydroxyl groups is 2. The van der Waals surface area contributed by atoms with Gasteiger partial charge in [-0.2, -0.15) is 0 Å². The van der Waals surface area contributed by atoms with Gasteiger partial charge in [-0.3, -0.25) is 0 Å². The van der Waals surface area contributed by atoms with Crippen LogP contribution >= 0.6 is 0 Å². The molecule has 0 amide bonds. The van der Waals surface area contributed by atoms with E-state index in [4.69, 9.17) is 4.74 Å². The lowest BCUT2D eigenvalue weighted by Gasteiger charge is -2.63. The van der Waals surface area contributed by atoms with Crippen LogP contribution < -0.4 is 0 Å². The molecule has 0 aromatic heterocycles. The van der Waals surface area contributed by atoms with Crippen molar-refractivity contribution in [2.24, 2.45) is 16.7 Å². The molecular formula is C20H32O3. The quantitative estimate of drug-likeness (QED) is 0.726. The van der Waals surface area contributed by atoms with Crippen molar-refractivity contribution in [3.8, 4) is 0 Å². The number of hydrogen-bond donors (Lipinski definition) is 2. The van der Waals surface area contributed by atoms with E-state index < -0.39 is 17.3 Å². The predicted octanol–water partition coefficient (Wildman–Crippen LogP) is 3.60. The van der Waals surface area contributed by atoms with Gasteiger partial charge in [-0.15, -0.1) is 6.58 Å². The fourth-order valence-corrected chi connectivity index (χ4v) is 5.64. The molecule has 3 rings (SSSR count). The number of rotatable bonds is 1. The second-order valence-corrected chi connectivity index (χ2v) is 9.14. The van der Waals surface area contributed by atoms with Crippen molar-refractivity contribution in [1.82, 2.24) is 0 Å². The molecule has 130 valence electrons. The zero-order valence-electron chi connectivity index (χ0n) is 15.2. The molecule has 1 saturated carbocycles. The Morgan fingerprint density at radius 2 is 1.78 bits per heavy atom. The molecule has 2 aliphatic carbocycles. The molecule has 1 saturated heterocycles. The highest BCUT2D eigenvalue weighted by molar-refractivity contribution is 5.35. The first-order chi connectivity index (χ1) is 10.5. The number of aliphatic hydroxyl groups excluding tert-OH is 2. The normalized spacial score (nSPS) is 52.1. The van der Waals surface area contributed by atoms with Gasteiger partial charge in [0.15, 0.2) is 0 Å². The van der Waals surface area contributed by atoms with Gasteiger partial charge in [0.1, 0.15) is 6.10 Å². The van der Waals surface area contributed by atoms with E-state index in [0.717, 1.165) is 25.7 Å². The summed E-state index contributed by atoms with van der Waals surface area (Å²) in [4.78, 5) is 0. The van der Waals surface area contributed by atoms with E-state index in [0.29, 0.717) is 0 Å². The maximum Gasteiger partial charge on any atom is 0.101 e. The fraction of sp³-hybridized carbons (Fsp3) is 0.800. The van der Waals surface area contributed by atoms with Crippen molar-refractivity contribution in [3.63, 3.8) is 0 Å². The highest BCUT2D eigenvalue weighted by Gasteiger charge is 2.63. The molecule has 2 fully saturated rings. The number of hydrogen-bond acceptors (Lipinski definition) is 3. The van der Waals surface area contributed by atoms with Crippen LogP contribution in [0.1, 0.15) is 60.3 Å². The Kier molecular flexibility index (Phi) is 3.69. The molecule has 3 aliphatic rings. The third-order valence-corrected chi connectivity index (χ3v) is 7.19. The van der Waals surface area contributed by atoms with E-state index in [1.807, 2.05) is 26.0 Å². The Morgan fingerprint density at radius 1 is 1.13 bits per heavy atom. The Hall–Kier alpha value is -0.640. The van der Waals surface area contributed by atoms with E-state index in [9.17, 15) is 10.2 Å². The molecular weight excluding hydrogens is 288 g/mol. The Morgan fingerprint density at radius 3 is 2.39 bits per heavy atom. The van der Waals surface area contributed by atoms with Gasteiger partial charge < -0.3 is 14.9 Å². The van der Waals surface area contributed by atoms with E-state index in [1.165, 1.54) is 5.57 Å².